The molecule has 112 valence electrons. The predicted octanol–water partition coefficient (Wildman–Crippen LogP) is 1.25. The van der Waals surface area contributed by atoms with E-state index in [0.29, 0.717) is 18.0 Å². The second-order valence-corrected chi connectivity index (χ2v) is 6.54. The van der Waals surface area contributed by atoms with E-state index in [1.54, 1.807) is 0 Å². The molecule has 5 heteroatoms. The highest BCUT2D eigenvalue weighted by Crippen LogP contribution is 2.24. The molecule has 5 nitrogen and oxygen atoms in total. The molecule has 2 atom stereocenters. The second kappa shape index (κ2) is 5.82. The van der Waals surface area contributed by atoms with E-state index in [4.69, 9.17) is 4.98 Å². The SMILES string of the molecule is CC(C)N1CCCC1Cc1nc2n(n1)CCC(CO)C2. The van der Waals surface area contributed by atoms with Crippen LogP contribution in [0.1, 0.15) is 44.8 Å². The number of aliphatic hydroxyl groups is 1. The second-order valence-electron chi connectivity index (χ2n) is 6.54. The molecule has 0 aliphatic carbocycles. The monoisotopic (exact) mass is 278 g/mol. The Balaban J connectivity index is 1.68. The average Bonchev–Trinajstić information content (AvgIpc) is 3.03. The van der Waals surface area contributed by atoms with Crippen LogP contribution < -0.4 is 0 Å². The molecule has 20 heavy (non-hydrogen) atoms. The minimum Gasteiger partial charge on any atom is -0.396 e. The molecule has 3 rings (SSSR count). The molecule has 1 aromatic heterocycles. The van der Waals surface area contributed by atoms with Crippen molar-refractivity contribution in [2.45, 2.75) is 64.6 Å². The zero-order valence-corrected chi connectivity index (χ0v) is 12.6. The Labute approximate surface area is 121 Å². The lowest BCUT2D eigenvalue weighted by Crippen LogP contribution is -2.36. The predicted molar refractivity (Wildman–Crippen MR) is 77.5 cm³/mol. The van der Waals surface area contributed by atoms with E-state index < -0.39 is 0 Å². The Morgan fingerprint density at radius 3 is 2.90 bits per heavy atom. The molecule has 1 aromatic rings. The first-order chi connectivity index (χ1) is 9.67. The third-order valence-corrected chi connectivity index (χ3v) is 4.77. The van der Waals surface area contributed by atoms with Gasteiger partial charge in [-0.25, -0.2) is 9.67 Å². The summed E-state index contributed by atoms with van der Waals surface area (Å²) in [6.07, 6.45) is 5.43. The molecule has 0 spiro atoms. The molecular formula is C15H26N4O. The smallest absolute Gasteiger partial charge is 0.152 e. The van der Waals surface area contributed by atoms with Crippen LogP contribution in [0.4, 0.5) is 0 Å². The molecule has 1 N–H and O–H groups in total. The number of fused-ring (bicyclic) bond motifs is 1. The molecule has 2 aliphatic rings. The van der Waals surface area contributed by atoms with Gasteiger partial charge in [0.25, 0.3) is 0 Å². The van der Waals surface area contributed by atoms with Crippen molar-refractivity contribution in [2.75, 3.05) is 13.2 Å². The normalized spacial score (nSPS) is 27.2. The van der Waals surface area contributed by atoms with E-state index in [9.17, 15) is 5.11 Å². The molecule has 1 saturated heterocycles. The maximum Gasteiger partial charge on any atom is 0.152 e. The number of aliphatic hydroxyl groups excluding tert-OH is 1. The van der Waals surface area contributed by atoms with Crippen LogP contribution in [0.3, 0.4) is 0 Å². The first-order valence-electron chi connectivity index (χ1n) is 7.96. The van der Waals surface area contributed by atoms with Crippen molar-refractivity contribution in [3.05, 3.63) is 11.6 Å². The molecule has 0 bridgehead atoms. The lowest BCUT2D eigenvalue weighted by atomic mass is 9.99. The van der Waals surface area contributed by atoms with Gasteiger partial charge < -0.3 is 5.11 Å². The molecule has 1 fully saturated rings. The molecule has 0 radical (unpaired) electrons. The zero-order valence-electron chi connectivity index (χ0n) is 12.6. The van der Waals surface area contributed by atoms with Crippen molar-refractivity contribution in [3.8, 4) is 0 Å². The summed E-state index contributed by atoms with van der Waals surface area (Å²) in [6, 6.07) is 1.21. The van der Waals surface area contributed by atoms with Crippen LogP contribution in [0.15, 0.2) is 0 Å². The van der Waals surface area contributed by atoms with Gasteiger partial charge in [-0.2, -0.15) is 5.10 Å². The van der Waals surface area contributed by atoms with Gasteiger partial charge in [0.05, 0.1) is 0 Å². The number of hydrogen-bond acceptors (Lipinski definition) is 4. The van der Waals surface area contributed by atoms with Gasteiger partial charge in [0.1, 0.15) is 5.82 Å². The number of nitrogens with zero attached hydrogens (tertiary/aromatic N) is 4. The van der Waals surface area contributed by atoms with Crippen molar-refractivity contribution < 1.29 is 5.11 Å². The summed E-state index contributed by atoms with van der Waals surface area (Å²) < 4.78 is 2.05. The Morgan fingerprint density at radius 2 is 2.15 bits per heavy atom. The number of aromatic nitrogens is 3. The van der Waals surface area contributed by atoms with Crippen molar-refractivity contribution in [3.63, 3.8) is 0 Å². The summed E-state index contributed by atoms with van der Waals surface area (Å²) in [5.74, 6) is 2.44. The van der Waals surface area contributed by atoms with E-state index in [0.717, 1.165) is 37.5 Å². The summed E-state index contributed by atoms with van der Waals surface area (Å²) in [5.41, 5.74) is 0. The number of aryl methyl sites for hydroxylation is 1. The van der Waals surface area contributed by atoms with Crippen molar-refractivity contribution in [1.29, 1.82) is 0 Å². The molecule has 0 aromatic carbocycles. The highest BCUT2D eigenvalue weighted by Gasteiger charge is 2.29. The third kappa shape index (κ3) is 2.74. The first kappa shape index (κ1) is 14.0. The fourth-order valence-corrected chi connectivity index (χ4v) is 3.63. The maximum absolute atomic E-state index is 9.28. The van der Waals surface area contributed by atoms with Crippen molar-refractivity contribution >= 4 is 0 Å². The standard InChI is InChI=1S/C15H26N4O/c1-11(2)18-6-3-4-13(18)9-14-16-15-8-12(10-20)5-7-19(15)17-14/h11-13,20H,3-10H2,1-2H3. The molecule has 2 unspecified atom stereocenters. The minimum absolute atomic E-state index is 0.270. The van der Waals surface area contributed by atoms with Gasteiger partial charge in [-0.3, -0.25) is 4.90 Å². The van der Waals surface area contributed by atoms with E-state index in [1.165, 1.54) is 19.4 Å². The Bertz CT molecular complexity index is 457. The maximum atomic E-state index is 9.28. The molecule has 2 aliphatic heterocycles. The number of rotatable bonds is 4. The largest absolute Gasteiger partial charge is 0.396 e. The van der Waals surface area contributed by atoms with Gasteiger partial charge in [0.15, 0.2) is 5.82 Å². The van der Waals surface area contributed by atoms with Gasteiger partial charge in [-0.1, -0.05) is 0 Å². The van der Waals surface area contributed by atoms with Gasteiger partial charge in [-0.05, 0) is 45.6 Å². The fourth-order valence-electron chi connectivity index (χ4n) is 3.63. The molecular weight excluding hydrogens is 252 g/mol. The van der Waals surface area contributed by atoms with Crippen LogP contribution in [0, 0.1) is 5.92 Å². The lowest BCUT2D eigenvalue weighted by Gasteiger charge is -2.27. The summed E-state index contributed by atoms with van der Waals surface area (Å²) in [5, 5.41) is 14.0. The highest BCUT2D eigenvalue weighted by atomic mass is 16.3. The van der Waals surface area contributed by atoms with Crippen LogP contribution in [-0.2, 0) is 19.4 Å². The summed E-state index contributed by atoms with van der Waals surface area (Å²) in [6.45, 7) is 6.94. The van der Waals surface area contributed by atoms with E-state index >= 15 is 0 Å². The van der Waals surface area contributed by atoms with Crippen molar-refractivity contribution in [2.24, 2.45) is 5.92 Å². The van der Waals surface area contributed by atoms with Gasteiger partial charge in [0, 0.05) is 38.1 Å². The van der Waals surface area contributed by atoms with Crippen LogP contribution in [0.5, 0.6) is 0 Å². The van der Waals surface area contributed by atoms with Gasteiger partial charge in [-0.15, -0.1) is 0 Å². The van der Waals surface area contributed by atoms with Crippen LogP contribution in [-0.4, -0.2) is 50.0 Å². The van der Waals surface area contributed by atoms with Gasteiger partial charge >= 0.3 is 0 Å². The van der Waals surface area contributed by atoms with E-state index in [1.807, 2.05) is 0 Å². The number of likely N-dealkylation sites (tertiary alicyclic amines) is 1. The molecule has 0 saturated carbocycles. The summed E-state index contributed by atoms with van der Waals surface area (Å²) in [7, 11) is 0. The minimum atomic E-state index is 0.270. The van der Waals surface area contributed by atoms with Crippen LogP contribution in [0.2, 0.25) is 0 Å². The average molecular weight is 278 g/mol. The lowest BCUT2D eigenvalue weighted by molar-refractivity contribution is 0.195. The first-order valence-corrected chi connectivity index (χ1v) is 7.96. The summed E-state index contributed by atoms with van der Waals surface area (Å²) >= 11 is 0. The van der Waals surface area contributed by atoms with Crippen molar-refractivity contribution in [1.82, 2.24) is 19.7 Å². The van der Waals surface area contributed by atoms with E-state index in [-0.39, 0.29) is 6.61 Å². The Hall–Kier alpha value is -0.940. The topological polar surface area (TPSA) is 54.2 Å². The molecule has 3 heterocycles. The summed E-state index contributed by atoms with van der Waals surface area (Å²) in [4.78, 5) is 7.30. The van der Waals surface area contributed by atoms with Gasteiger partial charge in [0.2, 0.25) is 0 Å². The molecule has 0 amide bonds. The third-order valence-electron chi connectivity index (χ3n) is 4.77. The Kier molecular flexibility index (Phi) is 4.08. The van der Waals surface area contributed by atoms with E-state index in [2.05, 4.69) is 28.5 Å². The number of hydrogen-bond donors (Lipinski definition) is 1. The highest BCUT2D eigenvalue weighted by molar-refractivity contribution is 5.00. The van der Waals surface area contributed by atoms with Crippen LogP contribution >= 0.6 is 0 Å². The quantitative estimate of drug-likeness (QED) is 0.900. The fraction of sp³-hybridized carbons (Fsp3) is 0.867. The zero-order chi connectivity index (χ0) is 14.1. The van der Waals surface area contributed by atoms with Crippen LogP contribution in [0.25, 0.3) is 0 Å². The Morgan fingerprint density at radius 1 is 1.30 bits per heavy atom.